The van der Waals surface area contributed by atoms with Crippen LogP contribution in [0.15, 0.2) is 81.5 Å². The fourth-order valence-corrected chi connectivity index (χ4v) is 8.41. The lowest BCUT2D eigenvalue weighted by Crippen LogP contribution is -2.47. The molecule has 4 heterocycles. The molecular formula is C39H43ClFN5O4S. The van der Waals surface area contributed by atoms with E-state index in [1.54, 1.807) is 6.07 Å². The minimum Gasteiger partial charge on any atom is -0.477 e. The zero-order valence-electron chi connectivity index (χ0n) is 28.5. The normalized spacial score (nSPS) is 18.6. The summed E-state index contributed by atoms with van der Waals surface area (Å²) in [6.07, 6.45) is 6.70. The number of aromatic nitrogens is 1. The summed E-state index contributed by atoms with van der Waals surface area (Å²) in [6.45, 7) is 9.35. The fraction of sp³-hybridized carbons (Fsp3) is 0.385. The average Bonchev–Trinajstić information content (AvgIpc) is 3.99. The van der Waals surface area contributed by atoms with Crippen LogP contribution in [0, 0.1) is 5.82 Å². The lowest BCUT2D eigenvalue weighted by molar-refractivity contribution is 0.0694. The SMILES string of the molecule is O=C(O)c1cn(C2CC2)c2cc(N3CCNCC3)c(F)cc2c1=O.OCCN1CCN(CC/C=C2\c3ccccc3Sc3ccc(Cl)cc32)CC1. The molecule has 1 aliphatic carbocycles. The summed E-state index contributed by atoms with van der Waals surface area (Å²) in [5.41, 5.74) is 4.02. The number of benzene rings is 3. The zero-order chi connectivity index (χ0) is 35.5. The summed E-state index contributed by atoms with van der Waals surface area (Å²) in [5, 5.41) is 22.5. The van der Waals surface area contributed by atoms with Crippen molar-refractivity contribution in [2.45, 2.75) is 35.1 Å². The number of rotatable bonds is 8. The maximum absolute atomic E-state index is 14.6. The third-order valence-corrected chi connectivity index (χ3v) is 11.4. The average molecular weight is 732 g/mol. The molecule has 51 heavy (non-hydrogen) atoms. The van der Waals surface area contributed by atoms with Gasteiger partial charge in [0.15, 0.2) is 0 Å². The van der Waals surface area contributed by atoms with Crippen LogP contribution in [0.1, 0.15) is 46.8 Å². The molecule has 1 aromatic heterocycles. The monoisotopic (exact) mass is 731 g/mol. The third kappa shape index (κ3) is 8.04. The van der Waals surface area contributed by atoms with Crippen molar-refractivity contribution in [3.8, 4) is 0 Å². The molecule has 2 saturated heterocycles. The number of hydrogen-bond donors (Lipinski definition) is 3. The van der Waals surface area contributed by atoms with Gasteiger partial charge in [-0.15, -0.1) is 0 Å². The van der Waals surface area contributed by atoms with Crippen LogP contribution in [0.5, 0.6) is 0 Å². The van der Waals surface area contributed by atoms with Gasteiger partial charge in [0, 0.05) is 97.9 Å². The van der Waals surface area contributed by atoms with Gasteiger partial charge < -0.3 is 29.9 Å². The molecule has 0 amide bonds. The largest absolute Gasteiger partial charge is 0.477 e. The number of pyridine rings is 1. The highest BCUT2D eigenvalue weighted by Gasteiger charge is 2.28. The minimum atomic E-state index is -1.28. The van der Waals surface area contributed by atoms with Gasteiger partial charge in [0.05, 0.1) is 17.8 Å². The molecule has 0 bridgehead atoms. The van der Waals surface area contributed by atoms with Gasteiger partial charge in [-0.25, -0.2) is 9.18 Å². The van der Waals surface area contributed by atoms with Gasteiger partial charge in [-0.1, -0.05) is 47.6 Å². The highest BCUT2D eigenvalue weighted by molar-refractivity contribution is 7.99. The summed E-state index contributed by atoms with van der Waals surface area (Å²) < 4.78 is 16.4. The Morgan fingerprint density at radius 3 is 2.35 bits per heavy atom. The molecule has 268 valence electrons. The van der Waals surface area contributed by atoms with E-state index in [0.29, 0.717) is 24.3 Å². The number of nitrogens with one attached hydrogen (secondary N) is 1. The van der Waals surface area contributed by atoms with Gasteiger partial charge >= 0.3 is 5.97 Å². The van der Waals surface area contributed by atoms with Crippen LogP contribution in [0.25, 0.3) is 16.5 Å². The maximum Gasteiger partial charge on any atom is 0.341 e. The Morgan fingerprint density at radius 1 is 0.941 bits per heavy atom. The van der Waals surface area contributed by atoms with Gasteiger partial charge in [-0.3, -0.25) is 9.69 Å². The van der Waals surface area contributed by atoms with Crippen molar-refractivity contribution in [3.05, 3.63) is 105 Å². The quantitative estimate of drug-likeness (QED) is 0.182. The second kappa shape index (κ2) is 15.9. The topological polar surface area (TPSA) is 101 Å². The van der Waals surface area contributed by atoms with Crippen molar-refractivity contribution in [1.29, 1.82) is 0 Å². The smallest absolute Gasteiger partial charge is 0.341 e. The van der Waals surface area contributed by atoms with Crippen molar-refractivity contribution in [2.24, 2.45) is 0 Å². The number of carboxylic acid groups (broad SMARTS) is 1. The molecule has 0 radical (unpaired) electrons. The van der Waals surface area contributed by atoms with Crippen LogP contribution < -0.4 is 15.6 Å². The predicted octanol–water partition coefficient (Wildman–Crippen LogP) is 5.82. The van der Waals surface area contributed by atoms with Crippen LogP contribution in [-0.2, 0) is 0 Å². The fourth-order valence-electron chi connectivity index (χ4n) is 7.15. The first kappa shape index (κ1) is 35.7. The molecule has 3 aromatic carbocycles. The Balaban J connectivity index is 0.000000160. The maximum atomic E-state index is 14.6. The summed E-state index contributed by atoms with van der Waals surface area (Å²) in [6, 6.07) is 17.9. The standard InChI is InChI=1S/C22H25ClN2OS.C17H18FN3O3/c23-17-7-8-22-20(16-17)18(19-4-1-2-6-21(19)27-22)5-3-9-24-10-12-25(13-11-24)14-15-26;18-13-7-11-14(8-15(13)20-5-3-19-4-6-20)21(10-1-2-10)9-12(16(11)22)17(23)24/h1-2,4-8,16,26H,3,9-15H2;7-10,19H,1-6H2,(H,23,24)/b18-5+;. The van der Waals surface area contributed by atoms with E-state index in [2.05, 4.69) is 57.6 Å². The summed E-state index contributed by atoms with van der Waals surface area (Å²) in [7, 11) is 0. The molecule has 0 unspecified atom stereocenters. The molecule has 1 saturated carbocycles. The second-order valence-electron chi connectivity index (χ2n) is 13.4. The lowest BCUT2D eigenvalue weighted by Gasteiger charge is -2.34. The van der Waals surface area contributed by atoms with E-state index in [-0.39, 0.29) is 23.6 Å². The minimum absolute atomic E-state index is 0.137. The Labute approximate surface area is 306 Å². The highest BCUT2D eigenvalue weighted by Crippen LogP contribution is 2.46. The summed E-state index contributed by atoms with van der Waals surface area (Å²) in [5.74, 6) is -1.76. The number of aliphatic hydroxyl groups excluding tert-OH is 1. The molecule has 4 aliphatic rings. The zero-order valence-corrected chi connectivity index (χ0v) is 30.1. The number of anilines is 1. The predicted molar refractivity (Wildman–Crippen MR) is 202 cm³/mol. The number of piperazine rings is 2. The van der Waals surface area contributed by atoms with E-state index in [9.17, 15) is 19.1 Å². The molecular weight excluding hydrogens is 689 g/mol. The second-order valence-corrected chi connectivity index (χ2v) is 14.9. The first-order valence-electron chi connectivity index (χ1n) is 17.7. The number of β-amino-alcohol motifs (C(OH)–C–C–N with tert-alkyl or cyclic N) is 1. The Morgan fingerprint density at radius 2 is 1.65 bits per heavy atom. The van der Waals surface area contributed by atoms with Gasteiger partial charge in [0.2, 0.25) is 5.43 Å². The summed E-state index contributed by atoms with van der Waals surface area (Å²) in [4.78, 5) is 33.2. The van der Waals surface area contributed by atoms with Crippen LogP contribution in [0.2, 0.25) is 5.02 Å². The third-order valence-electron chi connectivity index (χ3n) is 10.0. The molecule has 9 nitrogen and oxygen atoms in total. The first-order valence-corrected chi connectivity index (χ1v) is 18.9. The first-order chi connectivity index (χ1) is 24.8. The molecule has 3 fully saturated rings. The number of nitrogens with zero attached hydrogens (tertiary/aromatic N) is 4. The van der Waals surface area contributed by atoms with E-state index < -0.39 is 17.2 Å². The Kier molecular flexibility index (Phi) is 11.1. The molecule has 0 spiro atoms. The van der Waals surface area contributed by atoms with E-state index >= 15 is 0 Å². The van der Waals surface area contributed by atoms with Crippen molar-refractivity contribution in [1.82, 2.24) is 19.7 Å². The van der Waals surface area contributed by atoms with Crippen molar-refractivity contribution >= 4 is 51.5 Å². The van der Waals surface area contributed by atoms with Crippen LogP contribution in [0.3, 0.4) is 0 Å². The van der Waals surface area contributed by atoms with Crippen molar-refractivity contribution in [3.63, 3.8) is 0 Å². The number of carboxylic acids is 1. The number of carbonyl (C=O) groups is 1. The lowest BCUT2D eigenvalue weighted by atomic mass is 9.96. The van der Waals surface area contributed by atoms with Crippen molar-refractivity contribution in [2.75, 3.05) is 77.0 Å². The Hall–Kier alpha value is -3.71. The molecule has 4 aromatic rings. The van der Waals surface area contributed by atoms with E-state index in [4.69, 9.17) is 16.7 Å². The van der Waals surface area contributed by atoms with Gasteiger partial charge in [0.1, 0.15) is 11.4 Å². The molecule has 8 rings (SSSR count). The van der Waals surface area contributed by atoms with Crippen LogP contribution >= 0.6 is 23.4 Å². The molecule has 0 atom stereocenters. The van der Waals surface area contributed by atoms with Gasteiger partial charge in [-0.05, 0) is 72.4 Å². The summed E-state index contributed by atoms with van der Waals surface area (Å²) >= 11 is 8.12. The molecule has 12 heteroatoms. The molecule has 3 N–H and O–H groups in total. The number of halogens is 2. The number of hydrogen-bond acceptors (Lipinski definition) is 8. The van der Waals surface area contributed by atoms with E-state index in [1.807, 2.05) is 27.3 Å². The number of fused-ring (bicyclic) bond motifs is 3. The van der Waals surface area contributed by atoms with Gasteiger partial charge in [0.25, 0.3) is 0 Å². The van der Waals surface area contributed by atoms with E-state index in [1.165, 1.54) is 38.8 Å². The van der Waals surface area contributed by atoms with Gasteiger partial charge in [-0.2, -0.15) is 0 Å². The van der Waals surface area contributed by atoms with Crippen LogP contribution in [0.4, 0.5) is 10.1 Å². The van der Waals surface area contributed by atoms with E-state index in [0.717, 1.165) is 76.6 Å². The number of aliphatic hydroxyl groups is 1. The van der Waals surface area contributed by atoms with Crippen LogP contribution in [-0.4, -0.2) is 103 Å². The number of aromatic carboxylic acids is 1. The molecule has 3 aliphatic heterocycles. The highest BCUT2D eigenvalue weighted by atomic mass is 35.5. The van der Waals surface area contributed by atoms with Crippen molar-refractivity contribution < 1.29 is 19.4 Å². The Bertz CT molecular complexity index is 2000.